The Morgan fingerprint density at radius 2 is 1.03 bits per heavy atom. The van der Waals surface area contributed by atoms with Gasteiger partial charge < -0.3 is 0 Å². The molecule has 0 radical (unpaired) electrons. The lowest BCUT2D eigenvalue weighted by Crippen LogP contribution is -1.94. The predicted molar refractivity (Wildman–Crippen MR) is 164 cm³/mol. The Morgan fingerprint density at radius 3 is 1.74 bits per heavy atom. The number of halogens is 1. The number of nitrogens with zero attached hydrogens (tertiary/aromatic N) is 2. The molecule has 0 fully saturated rings. The first kappa shape index (κ1) is 23.0. The van der Waals surface area contributed by atoms with Crippen molar-refractivity contribution in [3.63, 3.8) is 0 Å². The van der Waals surface area contributed by atoms with E-state index in [2.05, 4.69) is 131 Å². The molecule has 0 unspecified atom stereocenters. The van der Waals surface area contributed by atoms with Gasteiger partial charge in [0.05, 0.1) is 11.4 Å². The number of hydrogen-bond acceptors (Lipinski definition) is 3. The Hall–Kier alpha value is -4.12. The van der Waals surface area contributed by atoms with Crippen LogP contribution in [0, 0.1) is 0 Å². The maximum Gasteiger partial charge on any atom is 0.143 e. The molecule has 0 saturated carbocycles. The lowest BCUT2D eigenvalue weighted by atomic mass is 9.98. The molecular formula is C34H21BrN2S. The van der Waals surface area contributed by atoms with Gasteiger partial charge in [-0.2, -0.15) is 0 Å². The average molecular weight is 570 g/mol. The number of aromatic nitrogens is 2. The van der Waals surface area contributed by atoms with Crippen molar-refractivity contribution in [1.29, 1.82) is 0 Å². The molecule has 0 atom stereocenters. The monoisotopic (exact) mass is 568 g/mol. The summed E-state index contributed by atoms with van der Waals surface area (Å²) in [6.07, 6.45) is 0. The van der Waals surface area contributed by atoms with Gasteiger partial charge in [0, 0.05) is 25.7 Å². The van der Waals surface area contributed by atoms with Gasteiger partial charge in [0.15, 0.2) is 0 Å². The lowest BCUT2D eigenvalue weighted by Gasteiger charge is -2.11. The quantitative estimate of drug-likeness (QED) is 0.211. The highest BCUT2D eigenvalue weighted by Crippen LogP contribution is 2.38. The largest absolute Gasteiger partial charge is 0.242 e. The highest BCUT2D eigenvalue weighted by atomic mass is 79.9. The molecule has 0 spiro atoms. The van der Waals surface area contributed by atoms with Crippen LogP contribution >= 0.6 is 27.3 Å². The summed E-state index contributed by atoms with van der Waals surface area (Å²) < 4.78 is 2.27. The zero-order valence-electron chi connectivity index (χ0n) is 20.3. The number of rotatable bonds is 4. The van der Waals surface area contributed by atoms with Crippen LogP contribution in [0.4, 0.5) is 0 Å². The van der Waals surface area contributed by atoms with Gasteiger partial charge in [-0.15, -0.1) is 11.3 Å². The number of hydrogen-bond donors (Lipinski definition) is 0. The second-order valence-electron chi connectivity index (χ2n) is 9.20. The zero-order valence-corrected chi connectivity index (χ0v) is 22.7. The Kier molecular flexibility index (Phi) is 5.84. The molecule has 38 heavy (non-hydrogen) atoms. The maximum atomic E-state index is 5.25. The zero-order chi connectivity index (χ0) is 25.5. The van der Waals surface area contributed by atoms with Gasteiger partial charge in [-0.05, 0) is 40.5 Å². The van der Waals surface area contributed by atoms with Gasteiger partial charge in [-0.1, -0.05) is 125 Å². The third kappa shape index (κ3) is 4.22. The second kappa shape index (κ2) is 9.64. The summed E-state index contributed by atoms with van der Waals surface area (Å²) in [4.78, 5) is 11.4. The molecule has 0 saturated heterocycles. The van der Waals surface area contributed by atoms with Crippen LogP contribution in [0.3, 0.4) is 0 Å². The molecule has 4 heteroatoms. The van der Waals surface area contributed by atoms with Crippen molar-refractivity contribution < 1.29 is 0 Å². The van der Waals surface area contributed by atoms with Crippen LogP contribution in [0.15, 0.2) is 132 Å². The Morgan fingerprint density at radius 1 is 0.474 bits per heavy atom. The van der Waals surface area contributed by atoms with E-state index in [0.717, 1.165) is 42.7 Å². The van der Waals surface area contributed by atoms with E-state index in [4.69, 9.17) is 9.97 Å². The van der Waals surface area contributed by atoms with E-state index >= 15 is 0 Å². The SMILES string of the molecule is Brc1cccc(-c2ccc(-c3nc4sc5ccccc5c4nc3-c3ccc(-c4ccccc4)cc3)cc2)c1. The number of fused-ring (bicyclic) bond motifs is 3. The Labute approximate surface area is 233 Å². The minimum atomic E-state index is 0.899. The van der Waals surface area contributed by atoms with Crippen LogP contribution in [-0.2, 0) is 0 Å². The fraction of sp³-hybridized carbons (Fsp3) is 0. The topological polar surface area (TPSA) is 25.8 Å². The summed E-state index contributed by atoms with van der Waals surface area (Å²) in [6.45, 7) is 0. The second-order valence-corrected chi connectivity index (χ2v) is 11.2. The third-order valence-corrected chi connectivity index (χ3v) is 8.34. The van der Waals surface area contributed by atoms with Crippen LogP contribution in [0.1, 0.15) is 0 Å². The van der Waals surface area contributed by atoms with Crippen LogP contribution in [0.25, 0.3) is 65.2 Å². The van der Waals surface area contributed by atoms with Crippen LogP contribution in [0.5, 0.6) is 0 Å². The van der Waals surface area contributed by atoms with E-state index in [-0.39, 0.29) is 0 Å². The van der Waals surface area contributed by atoms with E-state index in [0.29, 0.717) is 0 Å². The highest BCUT2D eigenvalue weighted by molar-refractivity contribution is 9.10. The first-order valence-corrected chi connectivity index (χ1v) is 14.1. The molecule has 2 aromatic heterocycles. The summed E-state index contributed by atoms with van der Waals surface area (Å²) in [5, 5.41) is 1.15. The van der Waals surface area contributed by atoms with E-state index in [1.807, 2.05) is 12.1 Å². The first-order chi connectivity index (χ1) is 18.7. The molecule has 2 nitrogen and oxygen atoms in total. The Balaban J connectivity index is 1.38. The third-order valence-electron chi connectivity index (χ3n) is 6.79. The molecule has 2 heterocycles. The van der Waals surface area contributed by atoms with E-state index < -0.39 is 0 Å². The van der Waals surface area contributed by atoms with Crippen molar-refractivity contribution >= 4 is 47.7 Å². The van der Waals surface area contributed by atoms with Crippen LogP contribution in [-0.4, -0.2) is 9.97 Å². The van der Waals surface area contributed by atoms with Crippen molar-refractivity contribution in [1.82, 2.24) is 9.97 Å². The van der Waals surface area contributed by atoms with E-state index in [1.165, 1.54) is 27.0 Å². The summed E-state index contributed by atoms with van der Waals surface area (Å²) >= 11 is 5.28. The Bertz CT molecular complexity index is 1910. The van der Waals surface area contributed by atoms with Gasteiger partial charge >= 0.3 is 0 Å². The minimum absolute atomic E-state index is 0.899. The van der Waals surface area contributed by atoms with Gasteiger partial charge in [0.1, 0.15) is 10.3 Å². The summed E-state index contributed by atoms with van der Waals surface area (Å²) in [5.41, 5.74) is 9.60. The molecule has 5 aromatic carbocycles. The normalized spacial score (nSPS) is 11.3. The first-order valence-electron chi connectivity index (χ1n) is 12.4. The van der Waals surface area contributed by atoms with Gasteiger partial charge in [0.25, 0.3) is 0 Å². The van der Waals surface area contributed by atoms with Crippen LogP contribution in [0.2, 0.25) is 0 Å². The fourth-order valence-corrected chi connectivity index (χ4v) is 6.28. The van der Waals surface area contributed by atoms with Gasteiger partial charge in [-0.25, -0.2) is 9.97 Å². The molecule has 0 aliphatic heterocycles. The minimum Gasteiger partial charge on any atom is -0.242 e. The smallest absolute Gasteiger partial charge is 0.143 e. The van der Waals surface area contributed by atoms with Gasteiger partial charge in [0.2, 0.25) is 0 Å². The highest BCUT2D eigenvalue weighted by Gasteiger charge is 2.17. The number of thiophene rings is 1. The van der Waals surface area contributed by atoms with Crippen molar-refractivity contribution in [3.05, 3.63) is 132 Å². The molecule has 0 aliphatic rings. The van der Waals surface area contributed by atoms with E-state index in [9.17, 15) is 0 Å². The van der Waals surface area contributed by atoms with Gasteiger partial charge in [-0.3, -0.25) is 0 Å². The molecular weight excluding hydrogens is 548 g/mol. The molecule has 7 aromatic rings. The molecule has 0 amide bonds. The summed E-state index contributed by atoms with van der Waals surface area (Å²) in [6, 6.07) is 44.5. The molecule has 7 rings (SSSR count). The van der Waals surface area contributed by atoms with E-state index in [1.54, 1.807) is 11.3 Å². The van der Waals surface area contributed by atoms with Crippen molar-refractivity contribution in [2.75, 3.05) is 0 Å². The van der Waals surface area contributed by atoms with Crippen LogP contribution < -0.4 is 0 Å². The van der Waals surface area contributed by atoms with Crippen molar-refractivity contribution in [3.8, 4) is 44.8 Å². The summed E-state index contributed by atoms with van der Waals surface area (Å²) in [7, 11) is 0. The standard InChI is InChI=1S/C34H21BrN2S/c35-28-10-6-9-27(21-28)24-15-19-26(20-16-24)32-31(25-17-13-23(14-18-25)22-7-2-1-3-8-22)36-33-29-11-4-5-12-30(29)38-34(33)37-32/h1-21H. The molecule has 0 bridgehead atoms. The summed E-state index contributed by atoms with van der Waals surface area (Å²) in [5.74, 6) is 0. The van der Waals surface area contributed by atoms with Crippen molar-refractivity contribution in [2.45, 2.75) is 0 Å². The molecule has 0 aliphatic carbocycles. The molecule has 0 N–H and O–H groups in total. The predicted octanol–water partition coefficient (Wildman–Crippen LogP) is 10.3. The maximum absolute atomic E-state index is 5.25. The average Bonchev–Trinajstić information content (AvgIpc) is 3.35. The molecule has 180 valence electrons. The lowest BCUT2D eigenvalue weighted by molar-refractivity contribution is 1.32. The van der Waals surface area contributed by atoms with Crippen molar-refractivity contribution in [2.24, 2.45) is 0 Å². The fourth-order valence-electron chi connectivity index (χ4n) is 4.86. The number of benzene rings is 5.